The molecule has 154 valence electrons. The van der Waals surface area contributed by atoms with Crippen LogP contribution < -0.4 is 4.57 Å². The Bertz CT molecular complexity index is 1110. The van der Waals surface area contributed by atoms with Gasteiger partial charge in [-0.05, 0) is 46.5 Å². The highest BCUT2D eigenvalue weighted by molar-refractivity contribution is 5.68. The second-order valence-electron chi connectivity index (χ2n) is 6.57. The van der Waals surface area contributed by atoms with Gasteiger partial charge < -0.3 is 15.3 Å². The van der Waals surface area contributed by atoms with Gasteiger partial charge in [-0.1, -0.05) is 36.4 Å². The molecule has 31 heavy (non-hydrogen) atoms. The van der Waals surface area contributed by atoms with E-state index in [0.29, 0.717) is 0 Å². The van der Waals surface area contributed by atoms with Crippen molar-refractivity contribution in [2.45, 2.75) is 6.54 Å². The zero-order chi connectivity index (χ0) is 21.9. The lowest BCUT2D eigenvalue weighted by Crippen LogP contribution is -2.33. The molecule has 0 radical (unpaired) electrons. The molecule has 0 amide bonds. The maximum absolute atomic E-state index is 8.25. The molecule has 0 aliphatic carbocycles. The molecule has 0 spiro atoms. The fraction of sp³-hybridized carbons (Fsp3) is 0.0417. The van der Waals surface area contributed by atoms with E-state index in [9.17, 15) is 0 Å². The van der Waals surface area contributed by atoms with Crippen molar-refractivity contribution in [1.29, 1.82) is 0 Å². The van der Waals surface area contributed by atoms with E-state index in [1.807, 2.05) is 36.7 Å². The Morgan fingerprint density at radius 2 is 1.16 bits per heavy atom. The summed E-state index contributed by atoms with van der Waals surface area (Å²) in [6, 6.07) is 21.0. The number of nitrogens with zero attached hydrogens (tertiary/aromatic N) is 4. The molecule has 0 aliphatic rings. The largest absolute Gasteiger partial charge is 0.356 e. The van der Waals surface area contributed by atoms with Gasteiger partial charge in [0.1, 0.15) is 0 Å². The van der Waals surface area contributed by atoms with Gasteiger partial charge in [-0.25, -0.2) is 4.57 Å². The molecule has 4 aromatic rings. The number of hydrogen-bond donors (Lipinski definition) is 0. The summed E-state index contributed by atoms with van der Waals surface area (Å²) in [7, 11) is 0. The predicted molar refractivity (Wildman–Crippen MR) is 119 cm³/mol. The van der Waals surface area contributed by atoms with Gasteiger partial charge in [0.15, 0.2) is 18.9 Å². The fourth-order valence-electron chi connectivity index (χ4n) is 2.91. The molecule has 0 unspecified atom stereocenters. The van der Waals surface area contributed by atoms with Crippen molar-refractivity contribution in [3.8, 4) is 11.1 Å². The van der Waals surface area contributed by atoms with Crippen LogP contribution in [0, 0.1) is 15.3 Å². The first-order chi connectivity index (χ1) is 15.1. The molecule has 0 N–H and O–H groups in total. The Morgan fingerprint density at radius 3 is 1.71 bits per heavy atom. The molecule has 0 aliphatic heterocycles. The minimum Gasteiger partial charge on any atom is -0.356 e. The zero-order valence-corrected chi connectivity index (χ0v) is 16.6. The van der Waals surface area contributed by atoms with Crippen LogP contribution in [0.25, 0.3) is 23.3 Å². The van der Waals surface area contributed by atoms with Crippen molar-refractivity contribution < 1.29 is 9.65 Å². The molecule has 7 heteroatoms. The lowest BCUT2D eigenvalue weighted by molar-refractivity contribution is -0.688. The molecule has 3 heterocycles. The van der Waals surface area contributed by atoms with Gasteiger partial charge in [0, 0.05) is 42.5 Å². The van der Waals surface area contributed by atoms with Crippen molar-refractivity contribution in [2.24, 2.45) is 0 Å². The summed E-state index contributed by atoms with van der Waals surface area (Å²) in [5, 5.41) is 14.8. The van der Waals surface area contributed by atoms with Gasteiger partial charge in [0.2, 0.25) is 0 Å². The molecular formula is C24H20N4O3. The molecule has 0 fully saturated rings. The lowest BCUT2D eigenvalue weighted by Gasteiger charge is -2.03. The van der Waals surface area contributed by atoms with Crippen molar-refractivity contribution >= 4 is 12.2 Å². The summed E-state index contributed by atoms with van der Waals surface area (Å²) in [5.41, 5.74) is 6.00. The van der Waals surface area contributed by atoms with Crippen molar-refractivity contribution in [3.05, 3.63) is 130 Å². The zero-order valence-electron chi connectivity index (χ0n) is 16.6. The van der Waals surface area contributed by atoms with Gasteiger partial charge in [0.05, 0.1) is 5.09 Å². The fourth-order valence-corrected chi connectivity index (χ4v) is 2.91. The van der Waals surface area contributed by atoms with Gasteiger partial charge in [-0.3, -0.25) is 9.97 Å². The highest BCUT2D eigenvalue weighted by Gasteiger charge is 2.03. The molecule has 0 saturated heterocycles. The van der Waals surface area contributed by atoms with Gasteiger partial charge >= 0.3 is 0 Å². The van der Waals surface area contributed by atoms with E-state index in [-0.39, 0.29) is 0 Å². The monoisotopic (exact) mass is 412 g/mol. The normalized spacial score (nSPS) is 10.3. The molecule has 0 atom stereocenters. The summed E-state index contributed by atoms with van der Waals surface area (Å²) in [6.07, 6.45) is 15.7. The quantitative estimate of drug-likeness (QED) is 0.275. The van der Waals surface area contributed by atoms with E-state index in [0.717, 1.165) is 12.1 Å². The van der Waals surface area contributed by atoms with Gasteiger partial charge in [-0.2, -0.15) is 0 Å². The van der Waals surface area contributed by atoms with E-state index in [2.05, 4.69) is 75.5 Å². The van der Waals surface area contributed by atoms with Crippen molar-refractivity contribution in [1.82, 2.24) is 9.97 Å². The third kappa shape index (κ3) is 7.17. The SMILES string of the molecule is C(=C\c1cc[n+](Cc2ccc(-c3ccncc3)cc2)cc1)/c1ccncc1.O=[N+]([O-])[O-]. The van der Waals surface area contributed by atoms with Crippen LogP contribution in [0.5, 0.6) is 0 Å². The summed E-state index contributed by atoms with van der Waals surface area (Å²) in [5.74, 6) is 0. The van der Waals surface area contributed by atoms with Crippen LogP contribution in [0.15, 0.2) is 97.8 Å². The molecule has 1 aromatic carbocycles. The van der Waals surface area contributed by atoms with Gasteiger partial charge in [0.25, 0.3) is 0 Å². The Morgan fingerprint density at radius 1 is 0.710 bits per heavy atom. The average molecular weight is 412 g/mol. The molecule has 7 nitrogen and oxygen atoms in total. The Hall–Kier alpha value is -4.39. The third-order valence-electron chi connectivity index (χ3n) is 4.42. The number of rotatable bonds is 5. The number of hydrogen-bond acceptors (Lipinski definition) is 5. The van der Waals surface area contributed by atoms with Crippen LogP contribution in [0.2, 0.25) is 0 Å². The number of benzene rings is 1. The molecule has 4 rings (SSSR count). The topological polar surface area (TPSA) is 95.9 Å². The maximum Gasteiger partial charge on any atom is 0.173 e. The first kappa shape index (κ1) is 21.3. The van der Waals surface area contributed by atoms with E-state index < -0.39 is 5.09 Å². The van der Waals surface area contributed by atoms with Crippen molar-refractivity contribution in [2.75, 3.05) is 0 Å². The second-order valence-corrected chi connectivity index (χ2v) is 6.57. The maximum atomic E-state index is 8.25. The molecular weight excluding hydrogens is 392 g/mol. The van der Waals surface area contributed by atoms with Crippen LogP contribution >= 0.6 is 0 Å². The Labute approximate surface area is 179 Å². The Balaban J connectivity index is 0.000000628. The minimum absolute atomic E-state index is 0.852. The van der Waals surface area contributed by atoms with Crippen LogP contribution in [0.4, 0.5) is 0 Å². The van der Waals surface area contributed by atoms with Crippen LogP contribution in [0.3, 0.4) is 0 Å². The smallest absolute Gasteiger partial charge is 0.173 e. The molecule has 0 saturated carbocycles. The standard InChI is InChI=1S/C24H20N3.NO3/c1(20-7-13-25-14-8-20)2-21-11-17-27(18-12-21)19-22-3-5-23(6-4-22)24-9-15-26-16-10-24;2-1(3)4/h1-18H,19H2;/q+1;-1/b2-1+;. The first-order valence-electron chi connectivity index (χ1n) is 9.48. The minimum atomic E-state index is -1.75. The van der Waals surface area contributed by atoms with E-state index in [1.165, 1.54) is 22.3 Å². The molecule has 3 aromatic heterocycles. The first-order valence-corrected chi connectivity index (χ1v) is 9.48. The Kier molecular flexibility index (Phi) is 7.54. The second kappa shape index (κ2) is 11.0. The highest BCUT2D eigenvalue weighted by atomic mass is 16.9. The number of aromatic nitrogens is 3. The van der Waals surface area contributed by atoms with E-state index >= 15 is 0 Å². The summed E-state index contributed by atoms with van der Waals surface area (Å²) in [4.78, 5) is 16.4. The van der Waals surface area contributed by atoms with Crippen LogP contribution in [-0.4, -0.2) is 15.1 Å². The van der Waals surface area contributed by atoms with Gasteiger partial charge in [-0.15, -0.1) is 0 Å². The number of pyridine rings is 3. The van der Waals surface area contributed by atoms with E-state index in [4.69, 9.17) is 15.3 Å². The average Bonchev–Trinajstić information content (AvgIpc) is 2.80. The molecule has 0 bridgehead atoms. The predicted octanol–water partition coefficient (Wildman–Crippen LogP) is 4.41. The van der Waals surface area contributed by atoms with E-state index in [1.54, 1.807) is 12.4 Å². The summed E-state index contributed by atoms with van der Waals surface area (Å²) < 4.78 is 2.19. The van der Waals surface area contributed by atoms with Crippen molar-refractivity contribution in [3.63, 3.8) is 0 Å². The highest BCUT2D eigenvalue weighted by Crippen LogP contribution is 2.18. The van der Waals surface area contributed by atoms with Crippen LogP contribution in [-0.2, 0) is 6.54 Å². The summed E-state index contributed by atoms with van der Waals surface area (Å²) in [6.45, 7) is 0.852. The lowest BCUT2D eigenvalue weighted by atomic mass is 10.1. The van der Waals surface area contributed by atoms with Crippen LogP contribution in [0.1, 0.15) is 16.7 Å². The summed E-state index contributed by atoms with van der Waals surface area (Å²) >= 11 is 0. The third-order valence-corrected chi connectivity index (χ3v) is 4.42.